The third kappa shape index (κ3) is 6.10. The van der Waals surface area contributed by atoms with Gasteiger partial charge in [0, 0.05) is 16.8 Å². The maximum absolute atomic E-state index is 12.6. The number of anilines is 1. The van der Waals surface area contributed by atoms with E-state index in [1.807, 2.05) is 36.4 Å². The fourth-order valence-electron chi connectivity index (χ4n) is 2.96. The molecular formula is C22H21Cl2N2O+. The van der Waals surface area contributed by atoms with Crippen LogP contribution in [0, 0.1) is 0 Å². The molecule has 5 heteroatoms. The van der Waals surface area contributed by atoms with Crippen LogP contribution in [-0.4, -0.2) is 12.5 Å². The predicted octanol–water partition coefficient (Wildman–Crippen LogP) is 4.22. The van der Waals surface area contributed by atoms with Gasteiger partial charge in [-0.3, -0.25) is 4.79 Å². The molecule has 0 aliphatic heterocycles. The highest BCUT2D eigenvalue weighted by atomic mass is 35.5. The Morgan fingerprint density at radius 3 is 1.85 bits per heavy atom. The molecule has 0 unspecified atom stereocenters. The molecule has 0 saturated heterocycles. The van der Waals surface area contributed by atoms with Gasteiger partial charge >= 0.3 is 0 Å². The van der Waals surface area contributed by atoms with E-state index in [1.165, 1.54) is 11.1 Å². The van der Waals surface area contributed by atoms with E-state index in [-0.39, 0.29) is 5.91 Å². The molecule has 0 aromatic heterocycles. The van der Waals surface area contributed by atoms with Crippen LogP contribution in [0.5, 0.6) is 0 Å². The highest BCUT2D eigenvalue weighted by molar-refractivity contribution is 6.42. The first kappa shape index (κ1) is 19.4. The number of quaternary nitrogens is 1. The Labute approximate surface area is 169 Å². The van der Waals surface area contributed by atoms with E-state index < -0.39 is 0 Å². The van der Waals surface area contributed by atoms with Crippen LogP contribution >= 0.6 is 23.2 Å². The van der Waals surface area contributed by atoms with E-state index in [0.717, 1.165) is 18.0 Å². The summed E-state index contributed by atoms with van der Waals surface area (Å²) in [6.45, 7) is 1.89. The highest BCUT2D eigenvalue weighted by Gasteiger charge is 2.16. The lowest BCUT2D eigenvalue weighted by atomic mass is 10.1. The number of hydrogen-bond donors (Lipinski definition) is 2. The molecule has 0 spiro atoms. The zero-order valence-electron chi connectivity index (χ0n) is 14.8. The van der Waals surface area contributed by atoms with E-state index >= 15 is 0 Å². The van der Waals surface area contributed by atoms with Crippen LogP contribution < -0.4 is 10.2 Å². The molecular weight excluding hydrogens is 379 g/mol. The van der Waals surface area contributed by atoms with Crippen LogP contribution in [-0.2, 0) is 17.9 Å². The van der Waals surface area contributed by atoms with E-state index in [4.69, 9.17) is 23.2 Å². The Hall–Kier alpha value is -2.33. The first-order valence-corrected chi connectivity index (χ1v) is 9.52. The highest BCUT2D eigenvalue weighted by Crippen LogP contribution is 2.24. The number of amides is 1. The zero-order valence-corrected chi connectivity index (χ0v) is 16.3. The van der Waals surface area contributed by atoms with Crippen LogP contribution in [0.3, 0.4) is 0 Å². The summed E-state index contributed by atoms with van der Waals surface area (Å²) in [5.74, 6) is -0.0600. The fourth-order valence-corrected chi connectivity index (χ4v) is 3.26. The summed E-state index contributed by atoms with van der Waals surface area (Å²) in [6.07, 6.45) is 0. The number of halogens is 2. The van der Waals surface area contributed by atoms with Crippen LogP contribution in [0.15, 0.2) is 78.9 Å². The van der Waals surface area contributed by atoms with Crippen LogP contribution in [0.1, 0.15) is 11.1 Å². The molecule has 3 rings (SSSR count). The van der Waals surface area contributed by atoms with Gasteiger partial charge < -0.3 is 10.2 Å². The van der Waals surface area contributed by atoms with Crippen LogP contribution in [0.25, 0.3) is 0 Å². The van der Waals surface area contributed by atoms with Crippen molar-refractivity contribution in [3.63, 3.8) is 0 Å². The molecule has 0 atom stereocenters. The van der Waals surface area contributed by atoms with Gasteiger partial charge in [0.1, 0.15) is 13.1 Å². The molecule has 0 aliphatic carbocycles. The summed E-state index contributed by atoms with van der Waals surface area (Å²) in [6, 6.07) is 25.5. The van der Waals surface area contributed by atoms with Gasteiger partial charge in [-0.15, -0.1) is 0 Å². The van der Waals surface area contributed by atoms with Gasteiger partial charge in [-0.25, -0.2) is 0 Å². The number of carbonyl (C=O) groups is 1. The van der Waals surface area contributed by atoms with E-state index in [0.29, 0.717) is 22.3 Å². The standard InChI is InChI=1S/C22H20Cl2N2O/c23-20-12-11-19(13-21(20)24)25-22(27)16-26(14-17-7-3-1-4-8-17)15-18-9-5-2-6-10-18/h1-13H,14-16H2,(H,25,27)/p+1. The summed E-state index contributed by atoms with van der Waals surface area (Å²) >= 11 is 12.0. The lowest BCUT2D eigenvalue weighted by Gasteiger charge is -2.19. The van der Waals surface area contributed by atoms with Crippen molar-refractivity contribution in [1.29, 1.82) is 0 Å². The molecule has 0 fully saturated rings. The maximum Gasteiger partial charge on any atom is 0.279 e. The van der Waals surface area contributed by atoms with Crippen molar-refractivity contribution in [2.24, 2.45) is 0 Å². The Balaban J connectivity index is 1.69. The van der Waals surface area contributed by atoms with E-state index in [1.54, 1.807) is 18.2 Å². The number of carbonyl (C=O) groups excluding carboxylic acids is 1. The SMILES string of the molecule is O=C(C[NH+](Cc1ccccc1)Cc1ccccc1)Nc1ccc(Cl)c(Cl)c1. The van der Waals surface area contributed by atoms with Gasteiger partial charge in [-0.1, -0.05) is 83.9 Å². The second-order valence-corrected chi connectivity index (χ2v) is 7.24. The molecule has 3 nitrogen and oxygen atoms in total. The number of benzene rings is 3. The molecule has 2 N–H and O–H groups in total. The Morgan fingerprint density at radius 2 is 1.33 bits per heavy atom. The van der Waals surface area contributed by atoms with Gasteiger partial charge in [-0.2, -0.15) is 0 Å². The minimum atomic E-state index is -0.0600. The zero-order chi connectivity index (χ0) is 19.1. The molecule has 0 bridgehead atoms. The Kier molecular flexibility index (Phi) is 6.88. The topological polar surface area (TPSA) is 33.5 Å². The smallest absolute Gasteiger partial charge is 0.279 e. The molecule has 0 saturated carbocycles. The largest absolute Gasteiger partial charge is 0.321 e. The van der Waals surface area contributed by atoms with Crippen molar-refractivity contribution in [3.8, 4) is 0 Å². The number of nitrogens with one attached hydrogen (secondary N) is 2. The molecule has 1 amide bonds. The normalized spacial score (nSPS) is 10.8. The Morgan fingerprint density at radius 1 is 0.778 bits per heavy atom. The molecule has 3 aromatic carbocycles. The van der Waals surface area contributed by atoms with Crippen LogP contribution in [0.2, 0.25) is 10.0 Å². The van der Waals surface area contributed by atoms with Gasteiger partial charge in [0.15, 0.2) is 6.54 Å². The monoisotopic (exact) mass is 399 g/mol. The molecule has 3 aromatic rings. The fraction of sp³-hybridized carbons (Fsp3) is 0.136. The Bertz CT molecular complexity index is 844. The quantitative estimate of drug-likeness (QED) is 0.612. The minimum Gasteiger partial charge on any atom is -0.321 e. The van der Waals surface area contributed by atoms with E-state index in [9.17, 15) is 4.79 Å². The second kappa shape index (κ2) is 9.56. The summed E-state index contributed by atoms with van der Waals surface area (Å²) in [4.78, 5) is 13.7. The molecule has 0 heterocycles. The average Bonchev–Trinajstić information content (AvgIpc) is 2.66. The number of rotatable bonds is 7. The molecule has 27 heavy (non-hydrogen) atoms. The summed E-state index contributed by atoms with van der Waals surface area (Å²) < 4.78 is 0. The van der Waals surface area contributed by atoms with Crippen molar-refractivity contribution in [2.45, 2.75) is 13.1 Å². The molecule has 0 aliphatic rings. The minimum absolute atomic E-state index is 0.0600. The van der Waals surface area contributed by atoms with Crippen molar-refractivity contribution in [3.05, 3.63) is 100 Å². The van der Waals surface area contributed by atoms with Gasteiger partial charge in [-0.05, 0) is 18.2 Å². The lowest BCUT2D eigenvalue weighted by Crippen LogP contribution is -3.10. The first-order chi connectivity index (χ1) is 13.1. The van der Waals surface area contributed by atoms with Crippen molar-refractivity contribution >= 4 is 34.8 Å². The average molecular weight is 400 g/mol. The van der Waals surface area contributed by atoms with Crippen LogP contribution in [0.4, 0.5) is 5.69 Å². The summed E-state index contributed by atoms with van der Waals surface area (Å²) in [5.41, 5.74) is 3.05. The van der Waals surface area contributed by atoms with Gasteiger partial charge in [0.25, 0.3) is 5.91 Å². The molecule has 0 radical (unpaired) electrons. The van der Waals surface area contributed by atoms with E-state index in [2.05, 4.69) is 29.6 Å². The van der Waals surface area contributed by atoms with Gasteiger partial charge in [0.05, 0.1) is 10.0 Å². The predicted molar refractivity (Wildman–Crippen MR) is 111 cm³/mol. The maximum atomic E-state index is 12.6. The lowest BCUT2D eigenvalue weighted by molar-refractivity contribution is -0.919. The van der Waals surface area contributed by atoms with Crippen molar-refractivity contribution < 1.29 is 9.69 Å². The van der Waals surface area contributed by atoms with Crippen molar-refractivity contribution in [1.82, 2.24) is 0 Å². The van der Waals surface area contributed by atoms with Gasteiger partial charge in [0.2, 0.25) is 0 Å². The third-order valence-electron chi connectivity index (χ3n) is 4.21. The third-order valence-corrected chi connectivity index (χ3v) is 4.95. The van der Waals surface area contributed by atoms with Crippen molar-refractivity contribution in [2.75, 3.05) is 11.9 Å². The summed E-state index contributed by atoms with van der Waals surface area (Å²) in [5, 5.41) is 3.80. The summed E-state index contributed by atoms with van der Waals surface area (Å²) in [7, 11) is 0. The second-order valence-electron chi connectivity index (χ2n) is 6.43. The number of hydrogen-bond acceptors (Lipinski definition) is 1. The molecule has 138 valence electrons. The first-order valence-electron chi connectivity index (χ1n) is 8.76.